The fraction of sp³-hybridized carbons (Fsp3) is 0.294. The summed E-state index contributed by atoms with van der Waals surface area (Å²) in [5, 5.41) is 0.808. The van der Waals surface area contributed by atoms with Gasteiger partial charge in [0.2, 0.25) is 0 Å². The van der Waals surface area contributed by atoms with Crippen LogP contribution in [0.15, 0.2) is 36.4 Å². The van der Waals surface area contributed by atoms with E-state index in [1.165, 1.54) is 5.56 Å². The van der Waals surface area contributed by atoms with Crippen molar-refractivity contribution in [2.45, 2.75) is 33.6 Å². The van der Waals surface area contributed by atoms with Gasteiger partial charge in [-0.15, -0.1) is 0 Å². The molecule has 0 unspecified atom stereocenters. The molecule has 0 radical (unpaired) electrons. The second kappa shape index (κ2) is 5.66. The number of rotatable bonds is 3. The minimum Gasteiger partial charge on any atom is -0.457 e. The largest absolute Gasteiger partial charge is 0.457 e. The number of benzene rings is 2. The predicted octanol–water partition coefficient (Wildman–Crippen LogP) is 5.87. The minimum absolute atomic E-state index is 0.536. The van der Waals surface area contributed by atoms with Crippen molar-refractivity contribution in [3.05, 3.63) is 58.1 Å². The maximum atomic E-state index is 6.15. The molecule has 2 aromatic rings. The monoisotopic (exact) mass is 274 g/mol. The Hall–Kier alpha value is -1.47. The fourth-order valence-electron chi connectivity index (χ4n) is 2.02. The van der Waals surface area contributed by atoms with Crippen molar-refractivity contribution in [3.63, 3.8) is 0 Å². The Morgan fingerprint density at radius 2 is 1.42 bits per heavy atom. The number of halogens is 1. The van der Waals surface area contributed by atoms with Gasteiger partial charge in [-0.1, -0.05) is 37.6 Å². The molecule has 0 aliphatic rings. The van der Waals surface area contributed by atoms with Gasteiger partial charge in [0.1, 0.15) is 11.5 Å². The van der Waals surface area contributed by atoms with Gasteiger partial charge in [-0.25, -0.2) is 0 Å². The summed E-state index contributed by atoms with van der Waals surface area (Å²) in [5.74, 6) is 2.22. The fourth-order valence-corrected chi connectivity index (χ4v) is 2.13. The second-order valence-corrected chi connectivity index (χ2v) is 5.57. The standard InChI is InChI=1S/C17H19ClO/c1-11(2)14-5-7-15(8-6-14)19-16-9-12(3)17(18)13(4)10-16/h5-11H,1-4H3. The summed E-state index contributed by atoms with van der Waals surface area (Å²) < 4.78 is 5.87. The number of hydrogen-bond acceptors (Lipinski definition) is 1. The maximum absolute atomic E-state index is 6.15. The van der Waals surface area contributed by atoms with Crippen LogP contribution in [0.4, 0.5) is 0 Å². The molecule has 0 saturated heterocycles. The van der Waals surface area contributed by atoms with Gasteiger partial charge >= 0.3 is 0 Å². The molecule has 0 heterocycles. The van der Waals surface area contributed by atoms with Crippen LogP contribution in [0.2, 0.25) is 5.02 Å². The lowest BCUT2D eigenvalue weighted by Crippen LogP contribution is -1.90. The molecule has 0 atom stereocenters. The second-order valence-electron chi connectivity index (χ2n) is 5.20. The van der Waals surface area contributed by atoms with Crippen molar-refractivity contribution in [1.82, 2.24) is 0 Å². The molecule has 19 heavy (non-hydrogen) atoms. The predicted molar refractivity (Wildman–Crippen MR) is 81.5 cm³/mol. The first kappa shape index (κ1) is 14.0. The Balaban J connectivity index is 2.21. The van der Waals surface area contributed by atoms with Gasteiger partial charge in [0.15, 0.2) is 0 Å². The highest BCUT2D eigenvalue weighted by molar-refractivity contribution is 6.32. The highest BCUT2D eigenvalue weighted by Gasteiger charge is 2.05. The Bertz CT molecular complexity index is 547. The third kappa shape index (κ3) is 3.30. The van der Waals surface area contributed by atoms with Crippen molar-refractivity contribution < 1.29 is 4.74 Å². The van der Waals surface area contributed by atoms with Crippen LogP contribution in [0.1, 0.15) is 36.5 Å². The lowest BCUT2D eigenvalue weighted by atomic mass is 10.0. The molecular formula is C17H19ClO. The van der Waals surface area contributed by atoms with E-state index in [9.17, 15) is 0 Å². The van der Waals surface area contributed by atoms with Crippen LogP contribution in [0.25, 0.3) is 0 Å². The van der Waals surface area contributed by atoms with E-state index < -0.39 is 0 Å². The van der Waals surface area contributed by atoms with E-state index in [1.54, 1.807) is 0 Å². The molecule has 0 N–H and O–H groups in total. The van der Waals surface area contributed by atoms with E-state index in [-0.39, 0.29) is 0 Å². The molecule has 0 aliphatic carbocycles. The van der Waals surface area contributed by atoms with Gasteiger partial charge < -0.3 is 4.74 Å². The van der Waals surface area contributed by atoms with Crippen LogP contribution in [0, 0.1) is 13.8 Å². The van der Waals surface area contributed by atoms with Crippen LogP contribution >= 0.6 is 11.6 Å². The van der Waals surface area contributed by atoms with Crippen molar-refractivity contribution in [2.75, 3.05) is 0 Å². The maximum Gasteiger partial charge on any atom is 0.128 e. The zero-order valence-corrected chi connectivity index (χ0v) is 12.6. The number of aryl methyl sites for hydroxylation is 2. The van der Waals surface area contributed by atoms with E-state index in [1.807, 2.05) is 38.1 Å². The Labute approximate surface area is 120 Å². The van der Waals surface area contributed by atoms with Crippen molar-refractivity contribution in [2.24, 2.45) is 0 Å². The van der Waals surface area contributed by atoms with E-state index >= 15 is 0 Å². The normalized spacial score (nSPS) is 10.8. The minimum atomic E-state index is 0.536. The smallest absolute Gasteiger partial charge is 0.128 e. The quantitative estimate of drug-likeness (QED) is 0.680. The van der Waals surface area contributed by atoms with Crippen LogP contribution in [-0.4, -0.2) is 0 Å². The summed E-state index contributed by atoms with van der Waals surface area (Å²) in [6.45, 7) is 8.34. The van der Waals surface area contributed by atoms with Gasteiger partial charge in [0.05, 0.1) is 0 Å². The molecule has 0 saturated carbocycles. The van der Waals surface area contributed by atoms with E-state index in [0.29, 0.717) is 5.92 Å². The molecule has 0 bridgehead atoms. The highest BCUT2D eigenvalue weighted by atomic mass is 35.5. The summed E-state index contributed by atoms with van der Waals surface area (Å²) in [6.07, 6.45) is 0. The average molecular weight is 275 g/mol. The Morgan fingerprint density at radius 1 is 0.895 bits per heavy atom. The number of ether oxygens (including phenoxy) is 1. The van der Waals surface area contributed by atoms with Crippen molar-refractivity contribution in [1.29, 1.82) is 0 Å². The van der Waals surface area contributed by atoms with Gasteiger partial charge in [-0.2, -0.15) is 0 Å². The molecule has 0 aliphatic heterocycles. The van der Waals surface area contributed by atoms with Crippen LogP contribution in [0.5, 0.6) is 11.5 Å². The first-order valence-electron chi connectivity index (χ1n) is 6.52. The van der Waals surface area contributed by atoms with Gasteiger partial charge in [-0.3, -0.25) is 0 Å². The summed E-state index contributed by atoms with van der Waals surface area (Å²) in [6, 6.07) is 12.2. The third-order valence-electron chi connectivity index (χ3n) is 3.19. The van der Waals surface area contributed by atoms with Gasteiger partial charge in [0, 0.05) is 5.02 Å². The Morgan fingerprint density at radius 3 is 1.89 bits per heavy atom. The number of hydrogen-bond donors (Lipinski definition) is 0. The zero-order valence-electron chi connectivity index (χ0n) is 11.8. The highest BCUT2D eigenvalue weighted by Crippen LogP contribution is 2.29. The summed E-state index contributed by atoms with van der Waals surface area (Å²) in [7, 11) is 0. The summed E-state index contributed by atoms with van der Waals surface area (Å²) in [5.41, 5.74) is 3.39. The molecular weight excluding hydrogens is 256 g/mol. The molecule has 1 nitrogen and oxygen atoms in total. The Kier molecular flexibility index (Phi) is 4.16. The van der Waals surface area contributed by atoms with E-state index in [2.05, 4.69) is 26.0 Å². The molecule has 100 valence electrons. The first-order chi connectivity index (χ1) is 8.97. The lowest BCUT2D eigenvalue weighted by Gasteiger charge is -2.11. The first-order valence-corrected chi connectivity index (χ1v) is 6.89. The van der Waals surface area contributed by atoms with Crippen molar-refractivity contribution >= 4 is 11.6 Å². The zero-order chi connectivity index (χ0) is 14.0. The molecule has 0 fully saturated rings. The molecule has 2 aromatic carbocycles. The van der Waals surface area contributed by atoms with E-state index in [4.69, 9.17) is 16.3 Å². The summed E-state index contributed by atoms with van der Waals surface area (Å²) in [4.78, 5) is 0. The van der Waals surface area contributed by atoms with Crippen LogP contribution in [-0.2, 0) is 0 Å². The molecule has 2 rings (SSSR count). The molecule has 0 aromatic heterocycles. The topological polar surface area (TPSA) is 9.23 Å². The third-order valence-corrected chi connectivity index (χ3v) is 3.79. The van der Waals surface area contributed by atoms with Gasteiger partial charge in [-0.05, 0) is 60.7 Å². The average Bonchev–Trinajstić information content (AvgIpc) is 2.36. The SMILES string of the molecule is Cc1cc(Oc2ccc(C(C)C)cc2)cc(C)c1Cl. The van der Waals surface area contributed by atoms with Crippen LogP contribution < -0.4 is 4.74 Å². The lowest BCUT2D eigenvalue weighted by molar-refractivity contribution is 0.481. The van der Waals surface area contributed by atoms with Crippen molar-refractivity contribution in [3.8, 4) is 11.5 Å². The molecule has 0 amide bonds. The van der Waals surface area contributed by atoms with E-state index in [0.717, 1.165) is 27.6 Å². The molecule has 2 heteroatoms. The molecule has 0 spiro atoms. The summed E-state index contributed by atoms with van der Waals surface area (Å²) >= 11 is 6.15. The van der Waals surface area contributed by atoms with Crippen LogP contribution in [0.3, 0.4) is 0 Å². The van der Waals surface area contributed by atoms with Gasteiger partial charge in [0.25, 0.3) is 0 Å².